The summed E-state index contributed by atoms with van der Waals surface area (Å²) in [5.74, 6) is 3.15. The first-order chi connectivity index (χ1) is 13.1. The quantitative estimate of drug-likeness (QED) is 0.228. The molecule has 0 radical (unpaired) electrons. The topological polar surface area (TPSA) is 84.3 Å². The Hall–Kier alpha value is -1.42. The van der Waals surface area contributed by atoms with Crippen molar-refractivity contribution in [2.24, 2.45) is 10.9 Å². The Balaban J connectivity index is 0.00000729. The third-order valence-corrected chi connectivity index (χ3v) is 4.33. The molecule has 0 spiro atoms. The number of hydrogen-bond acceptors (Lipinski definition) is 5. The molecule has 0 aliphatic carbocycles. The molecule has 8 heteroatoms. The van der Waals surface area contributed by atoms with E-state index in [4.69, 9.17) is 14.2 Å². The lowest BCUT2D eigenvalue weighted by atomic mass is 10.0. The highest BCUT2D eigenvalue weighted by Crippen LogP contribution is 2.34. The highest BCUT2D eigenvalue weighted by Gasteiger charge is 2.12. The fourth-order valence-corrected chi connectivity index (χ4v) is 2.90. The summed E-state index contributed by atoms with van der Waals surface area (Å²) in [5.41, 5.74) is 0.910. The van der Waals surface area contributed by atoms with Crippen LogP contribution in [0.25, 0.3) is 0 Å². The minimum Gasteiger partial charge on any atom is -0.496 e. The van der Waals surface area contributed by atoms with Crippen LogP contribution in [-0.4, -0.2) is 52.1 Å². The fourth-order valence-electron chi connectivity index (χ4n) is 2.90. The summed E-state index contributed by atoms with van der Waals surface area (Å²) in [7, 11) is 4.83. The number of nitrogens with zero attached hydrogens (tertiary/aromatic N) is 1. The molecule has 162 valence electrons. The Morgan fingerprint density at radius 3 is 2.18 bits per heavy atom. The maximum atomic E-state index is 9.22. The predicted molar refractivity (Wildman–Crippen MR) is 124 cm³/mol. The lowest BCUT2D eigenvalue weighted by Gasteiger charge is -2.18. The van der Waals surface area contributed by atoms with Crippen molar-refractivity contribution < 1.29 is 19.3 Å². The number of hydrogen-bond donors (Lipinski definition) is 3. The first-order valence-electron chi connectivity index (χ1n) is 9.55. The minimum absolute atomic E-state index is 0. The monoisotopic (exact) mass is 509 g/mol. The number of methoxy groups -OCH3 is 3. The highest BCUT2D eigenvalue weighted by molar-refractivity contribution is 14.0. The van der Waals surface area contributed by atoms with Gasteiger partial charge in [-0.2, -0.15) is 0 Å². The van der Waals surface area contributed by atoms with E-state index in [0.717, 1.165) is 43.9 Å². The largest absolute Gasteiger partial charge is 0.496 e. The molecule has 1 aromatic carbocycles. The zero-order valence-electron chi connectivity index (χ0n) is 17.7. The van der Waals surface area contributed by atoms with E-state index in [2.05, 4.69) is 22.5 Å². The van der Waals surface area contributed by atoms with Crippen LogP contribution < -0.4 is 24.8 Å². The van der Waals surface area contributed by atoms with Gasteiger partial charge in [0, 0.05) is 31.3 Å². The molecule has 0 aromatic heterocycles. The van der Waals surface area contributed by atoms with E-state index in [1.807, 2.05) is 19.1 Å². The van der Waals surface area contributed by atoms with E-state index < -0.39 is 0 Å². The van der Waals surface area contributed by atoms with Crippen molar-refractivity contribution in [2.75, 3.05) is 41.0 Å². The van der Waals surface area contributed by atoms with Gasteiger partial charge in [0.25, 0.3) is 0 Å². The number of halogens is 1. The summed E-state index contributed by atoms with van der Waals surface area (Å²) >= 11 is 0. The number of nitrogens with one attached hydrogen (secondary N) is 2. The van der Waals surface area contributed by atoms with Crippen molar-refractivity contribution in [1.82, 2.24) is 10.6 Å². The van der Waals surface area contributed by atoms with Crippen LogP contribution in [0.2, 0.25) is 0 Å². The number of ether oxygens (including phenoxy) is 3. The van der Waals surface area contributed by atoms with Gasteiger partial charge < -0.3 is 30.0 Å². The lowest BCUT2D eigenvalue weighted by molar-refractivity contribution is 0.251. The highest BCUT2D eigenvalue weighted by atomic mass is 127. The maximum absolute atomic E-state index is 9.22. The average molecular weight is 509 g/mol. The molecule has 1 rings (SSSR count). The van der Waals surface area contributed by atoms with Crippen molar-refractivity contribution in [3.05, 3.63) is 17.7 Å². The van der Waals surface area contributed by atoms with Crippen molar-refractivity contribution in [3.8, 4) is 17.2 Å². The predicted octanol–water partition coefficient (Wildman–Crippen LogP) is 3.18. The Morgan fingerprint density at radius 2 is 1.64 bits per heavy atom. The SMILES string of the molecule is CCCC(CCO)CNC(=NCc1cc(OC)c(OC)cc1OC)NCC.I. The third-order valence-electron chi connectivity index (χ3n) is 4.33. The van der Waals surface area contributed by atoms with Gasteiger partial charge in [0.2, 0.25) is 0 Å². The van der Waals surface area contributed by atoms with Gasteiger partial charge in [0.05, 0.1) is 27.9 Å². The van der Waals surface area contributed by atoms with Crippen LogP contribution in [0, 0.1) is 5.92 Å². The van der Waals surface area contributed by atoms with Crippen molar-refractivity contribution >= 4 is 29.9 Å². The number of aliphatic hydroxyl groups is 1. The molecule has 0 fully saturated rings. The van der Waals surface area contributed by atoms with Crippen molar-refractivity contribution in [2.45, 2.75) is 39.7 Å². The van der Waals surface area contributed by atoms with Gasteiger partial charge in [0.1, 0.15) is 5.75 Å². The van der Waals surface area contributed by atoms with Crippen LogP contribution in [0.3, 0.4) is 0 Å². The van der Waals surface area contributed by atoms with Crippen LogP contribution in [0.4, 0.5) is 0 Å². The average Bonchev–Trinajstić information content (AvgIpc) is 2.69. The van der Waals surface area contributed by atoms with Crippen LogP contribution in [0.15, 0.2) is 17.1 Å². The number of benzene rings is 1. The summed E-state index contributed by atoms with van der Waals surface area (Å²) < 4.78 is 16.2. The molecular weight excluding hydrogens is 473 g/mol. The Kier molecular flexibility index (Phi) is 14.7. The molecule has 0 saturated carbocycles. The molecule has 0 heterocycles. The first kappa shape index (κ1) is 26.6. The first-order valence-corrected chi connectivity index (χ1v) is 9.55. The van der Waals surface area contributed by atoms with E-state index in [1.54, 1.807) is 21.3 Å². The summed E-state index contributed by atoms with van der Waals surface area (Å²) in [6.07, 6.45) is 2.98. The van der Waals surface area contributed by atoms with Gasteiger partial charge in [-0.25, -0.2) is 4.99 Å². The standard InChI is InChI=1S/C20H35N3O4.HI/c1-6-8-15(9-10-24)13-22-20(21-7-2)23-14-16-11-18(26-4)19(27-5)12-17(16)25-3;/h11-12,15,24H,6-10,13-14H2,1-5H3,(H2,21,22,23);1H. The van der Waals surface area contributed by atoms with Gasteiger partial charge in [0.15, 0.2) is 17.5 Å². The normalized spacial score (nSPS) is 12.0. The van der Waals surface area contributed by atoms with Crippen LogP contribution >= 0.6 is 24.0 Å². The minimum atomic E-state index is 0. The zero-order chi connectivity index (χ0) is 20.1. The van der Waals surface area contributed by atoms with E-state index in [1.165, 1.54) is 0 Å². The molecule has 0 amide bonds. The van der Waals surface area contributed by atoms with Crippen LogP contribution in [0.1, 0.15) is 38.7 Å². The molecule has 0 aliphatic heterocycles. The van der Waals surface area contributed by atoms with Gasteiger partial charge >= 0.3 is 0 Å². The van der Waals surface area contributed by atoms with Gasteiger partial charge in [-0.05, 0) is 31.7 Å². The lowest BCUT2D eigenvalue weighted by Crippen LogP contribution is -2.40. The third kappa shape index (κ3) is 8.72. The Labute approximate surface area is 186 Å². The van der Waals surface area contributed by atoms with Gasteiger partial charge in [-0.1, -0.05) is 13.3 Å². The van der Waals surface area contributed by atoms with E-state index in [9.17, 15) is 5.11 Å². The number of aliphatic hydroxyl groups excluding tert-OH is 1. The summed E-state index contributed by atoms with van der Waals surface area (Å²) in [6, 6.07) is 3.69. The van der Waals surface area contributed by atoms with Crippen molar-refractivity contribution in [3.63, 3.8) is 0 Å². The fraction of sp³-hybridized carbons (Fsp3) is 0.650. The molecule has 1 aromatic rings. The number of guanidine groups is 1. The smallest absolute Gasteiger partial charge is 0.191 e. The molecule has 3 N–H and O–H groups in total. The Bertz CT molecular complexity index is 579. The summed E-state index contributed by atoms with van der Waals surface area (Å²) in [6.45, 7) is 6.40. The van der Waals surface area contributed by atoms with E-state index in [-0.39, 0.29) is 30.6 Å². The second-order valence-corrected chi connectivity index (χ2v) is 6.26. The molecule has 0 bridgehead atoms. The molecule has 1 atom stereocenters. The molecule has 0 aliphatic rings. The summed E-state index contributed by atoms with van der Waals surface area (Å²) in [4.78, 5) is 4.67. The Morgan fingerprint density at radius 1 is 1.00 bits per heavy atom. The molecule has 7 nitrogen and oxygen atoms in total. The maximum Gasteiger partial charge on any atom is 0.191 e. The van der Waals surface area contributed by atoms with Crippen LogP contribution in [-0.2, 0) is 6.54 Å². The van der Waals surface area contributed by atoms with Crippen LogP contribution in [0.5, 0.6) is 17.2 Å². The van der Waals surface area contributed by atoms with E-state index in [0.29, 0.717) is 29.7 Å². The second kappa shape index (κ2) is 15.5. The molecule has 1 unspecified atom stereocenters. The number of aliphatic imine (C=N–C) groups is 1. The van der Waals surface area contributed by atoms with E-state index >= 15 is 0 Å². The van der Waals surface area contributed by atoms with Crippen molar-refractivity contribution in [1.29, 1.82) is 0 Å². The number of rotatable bonds is 12. The zero-order valence-corrected chi connectivity index (χ0v) is 20.0. The molecule has 0 saturated heterocycles. The van der Waals surface area contributed by atoms with Gasteiger partial charge in [-0.15, -0.1) is 24.0 Å². The molecule has 28 heavy (non-hydrogen) atoms. The molecular formula is C20H36IN3O4. The second-order valence-electron chi connectivity index (χ2n) is 6.26. The van der Waals surface area contributed by atoms with Gasteiger partial charge in [-0.3, -0.25) is 0 Å². The summed E-state index contributed by atoms with van der Waals surface area (Å²) in [5, 5.41) is 15.9.